The molecule has 5 heteroatoms. The third kappa shape index (κ3) is 5.89. The zero-order valence-corrected chi connectivity index (χ0v) is 10.5. The highest BCUT2D eigenvalue weighted by atomic mass is 16.4. The Labute approximate surface area is 103 Å². The zero-order chi connectivity index (χ0) is 12.6. The summed E-state index contributed by atoms with van der Waals surface area (Å²) in [5.41, 5.74) is 4.88. The molecule has 0 radical (unpaired) electrons. The van der Waals surface area contributed by atoms with Crippen LogP contribution in [0.2, 0.25) is 0 Å². The van der Waals surface area contributed by atoms with Gasteiger partial charge >= 0.3 is 0 Å². The summed E-state index contributed by atoms with van der Waals surface area (Å²) < 4.78 is 0. The molecular weight excluding hydrogens is 218 g/mol. The Morgan fingerprint density at radius 2 is 1.94 bits per heavy atom. The largest absolute Gasteiger partial charge is 0.409 e. The Kier molecular flexibility index (Phi) is 6.29. The Hall–Kier alpha value is -0.810. The van der Waals surface area contributed by atoms with Gasteiger partial charge in [0.05, 0.1) is 5.60 Å². The van der Waals surface area contributed by atoms with Crippen molar-refractivity contribution in [1.82, 2.24) is 5.32 Å². The smallest absolute Gasteiger partial charge is 0.139 e. The Morgan fingerprint density at radius 3 is 2.59 bits per heavy atom. The van der Waals surface area contributed by atoms with Crippen LogP contribution in [0.4, 0.5) is 0 Å². The van der Waals surface area contributed by atoms with Gasteiger partial charge in [0.1, 0.15) is 5.84 Å². The van der Waals surface area contributed by atoms with Gasteiger partial charge in [0.15, 0.2) is 0 Å². The SMILES string of the molecule is NC(CCCCNCC1(O)CCCCC1)=NO. The fraction of sp³-hybridized carbons (Fsp3) is 0.917. The molecule has 1 aliphatic carbocycles. The molecule has 1 saturated carbocycles. The van der Waals surface area contributed by atoms with Crippen molar-refractivity contribution in [3.63, 3.8) is 0 Å². The van der Waals surface area contributed by atoms with Crippen molar-refractivity contribution in [3.05, 3.63) is 0 Å². The average molecular weight is 243 g/mol. The van der Waals surface area contributed by atoms with Crippen LogP contribution in [0.1, 0.15) is 51.4 Å². The predicted molar refractivity (Wildman–Crippen MR) is 68.2 cm³/mol. The van der Waals surface area contributed by atoms with E-state index in [1.807, 2.05) is 0 Å². The van der Waals surface area contributed by atoms with E-state index >= 15 is 0 Å². The highest BCUT2D eigenvalue weighted by molar-refractivity contribution is 5.79. The van der Waals surface area contributed by atoms with Gasteiger partial charge in [0.2, 0.25) is 0 Å². The van der Waals surface area contributed by atoms with Crippen LogP contribution in [-0.2, 0) is 0 Å². The second kappa shape index (κ2) is 7.50. The van der Waals surface area contributed by atoms with E-state index in [0.29, 0.717) is 13.0 Å². The third-order valence-corrected chi connectivity index (χ3v) is 3.40. The summed E-state index contributed by atoms with van der Waals surface area (Å²) in [6.45, 7) is 1.57. The highest BCUT2D eigenvalue weighted by Gasteiger charge is 2.28. The molecule has 0 aromatic carbocycles. The van der Waals surface area contributed by atoms with Crippen molar-refractivity contribution < 1.29 is 10.3 Å². The first-order chi connectivity index (χ1) is 8.16. The first-order valence-electron chi connectivity index (χ1n) is 6.56. The number of nitrogens with zero attached hydrogens (tertiary/aromatic N) is 1. The van der Waals surface area contributed by atoms with E-state index in [2.05, 4.69) is 10.5 Å². The van der Waals surface area contributed by atoms with Gasteiger partial charge in [-0.25, -0.2) is 0 Å². The van der Waals surface area contributed by atoms with Gasteiger partial charge in [-0.1, -0.05) is 24.4 Å². The second-order valence-corrected chi connectivity index (χ2v) is 5.01. The van der Waals surface area contributed by atoms with Gasteiger partial charge in [0, 0.05) is 13.0 Å². The van der Waals surface area contributed by atoms with Crippen molar-refractivity contribution in [1.29, 1.82) is 0 Å². The van der Waals surface area contributed by atoms with Crippen LogP contribution in [0.25, 0.3) is 0 Å². The van der Waals surface area contributed by atoms with Gasteiger partial charge in [-0.2, -0.15) is 0 Å². The topological polar surface area (TPSA) is 90.9 Å². The highest BCUT2D eigenvalue weighted by Crippen LogP contribution is 2.27. The number of unbranched alkanes of at least 4 members (excludes halogenated alkanes) is 1. The lowest BCUT2D eigenvalue weighted by Crippen LogP contribution is -2.42. The van der Waals surface area contributed by atoms with E-state index < -0.39 is 5.60 Å². The number of oxime groups is 1. The standard InChI is InChI=1S/C12H25N3O2/c13-11(15-17)6-2-5-9-14-10-12(16)7-3-1-4-8-12/h14,16-17H,1-10H2,(H2,13,15). The van der Waals surface area contributed by atoms with Crippen LogP contribution in [0.5, 0.6) is 0 Å². The molecule has 0 spiro atoms. The summed E-state index contributed by atoms with van der Waals surface area (Å²) in [6.07, 6.45) is 7.88. The second-order valence-electron chi connectivity index (χ2n) is 5.01. The van der Waals surface area contributed by atoms with Gasteiger partial charge in [0.25, 0.3) is 0 Å². The molecule has 100 valence electrons. The first kappa shape index (κ1) is 14.3. The molecule has 0 aliphatic heterocycles. The molecule has 1 aliphatic rings. The summed E-state index contributed by atoms with van der Waals surface area (Å²) >= 11 is 0. The minimum absolute atomic E-state index is 0.288. The number of hydrogen-bond acceptors (Lipinski definition) is 4. The Morgan fingerprint density at radius 1 is 1.24 bits per heavy atom. The van der Waals surface area contributed by atoms with Crippen LogP contribution in [-0.4, -0.2) is 34.8 Å². The lowest BCUT2D eigenvalue weighted by Gasteiger charge is -2.32. The Balaban J connectivity index is 2.00. The van der Waals surface area contributed by atoms with E-state index in [0.717, 1.165) is 45.1 Å². The quantitative estimate of drug-likeness (QED) is 0.178. The van der Waals surface area contributed by atoms with Crippen molar-refractivity contribution in [2.75, 3.05) is 13.1 Å². The number of nitrogens with two attached hydrogens (primary N) is 1. The molecule has 0 amide bonds. The number of amidine groups is 1. The van der Waals surface area contributed by atoms with Crippen molar-refractivity contribution in [2.45, 2.75) is 57.0 Å². The van der Waals surface area contributed by atoms with E-state index in [4.69, 9.17) is 10.9 Å². The molecule has 5 N–H and O–H groups in total. The zero-order valence-electron chi connectivity index (χ0n) is 10.5. The minimum atomic E-state index is -0.482. The minimum Gasteiger partial charge on any atom is -0.409 e. The molecule has 0 aromatic heterocycles. The normalized spacial score (nSPS) is 20.4. The third-order valence-electron chi connectivity index (χ3n) is 3.40. The summed E-state index contributed by atoms with van der Waals surface area (Å²) in [6, 6.07) is 0. The van der Waals surface area contributed by atoms with E-state index in [9.17, 15) is 5.11 Å². The van der Waals surface area contributed by atoms with Gasteiger partial charge in [-0.05, 0) is 32.2 Å². The van der Waals surface area contributed by atoms with Crippen molar-refractivity contribution >= 4 is 5.84 Å². The van der Waals surface area contributed by atoms with Crippen LogP contribution < -0.4 is 11.1 Å². The van der Waals surface area contributed by atoms with Crippen LogP contribution in [0, 0.1) is 0 Å². The lowest BCUT2D eigenvalue weighted by molar-refractivity contribution is 0.00505. The van der Waals surface area contributed by atoms with Crippen molar-refractivity contribution in [2.24, 2.45) is 10.9 Å². The summed E-state index contributed by atoms with van der Waals surface area (Å²) in [5.74, 6) is 0.288. The maximum Gasteiger partial charge on any atom is 0.139 e. The fourth-order valence-electron chi connectivity index (χ4n) is 2.31. The first-order valence-corrected chi connectivity index (χ1v) is 6.56. The van der Waals surface area contributed by atoms with Gasteiger partial charge < -0.3 is 21.4 Å². The Bertz CT molecular complexity index is 238. The summed E-state index contributed by atoms with van der Waals surface area (Å²) in [5, 5.41) is 24.8. The number of rotatable bonds is 7. The molecule has 1 rings (SSSR count). The maximum atomic E-state index is 10.2. The molecule has 17 heavy (non-hydrogen) atoms. The van der Waals surface area contributed by atoms with Crippen LogP contribution in [0.3, 0.4) is 0 Å². The maximum absolute atomic E-state index is 10.2. The van der Waals surface area contributed by atoms with Gasteiger partial charge in [-0.15, -0.1) is 0 Å². The van der Waals surface area contributed by atoms with Crippen LogP contribution in [0.15, 0.2) is 5.16 Å². The molecule has 0 bridgehead atoms. The van der Waals surface area contributed by atoms with E-state index in [1.165, 1.54) is 6.42 Å². The van der Waals surface area contributed by atoms with E-state index in [1.54, 1.807) is 0 Å². The number of aliphatic hydroxyl groups is 1. The lowest BCUT2D eigenvalue weighted by atomic mass is 9.85. The number of nitrogens with one attached hydrogen (secondary N) is 1. The molecule has 0 saturated heterocycles. The summed E-state index contributed by atoms with van der Waals surface area (Å²) in [4.78, 5) is 0. The van der Waals surface area contributed by atoms with Crippen LogP contribution >= 0.6 is 0 Å². The van der Waals surface area contributed by atoms with E-state index in [-0.39, 0.29) is 5.84 Å². The molecule has 0 aromatic rings. The number of hydrogen-bond donors (Lipinski definition) is 4. The van der Waals surface area contributed by atoms with Crippen molar-refractivity contribution in [3.8, 4) is 0 Å². The monoisotopic (exact) mass is 243 g/mol. The predicted octanol–water partition coefficient (Wildman–Crippen LogP) is 1.19. The fourth-order valence-corrected chi connectivity index (χ4v) is 2.31. The molecule has 0 atom stereocenters. The molecule has 0 heterocycles. The molecular formula is C12H25N3O2. The van der Waals surface area contributed by atoms with Gasteiger partial charge in [-0.3, -0.25) is 0 Å². The molecule has 0 unspecified atom stereocenters. The summed E-state index contributed by atoms with van der Waals surface area (Å²) in [7, 11) is 0. The molecule has 5 nitrogen and oxygen atoms in total. The average Bonchev–Trinajstić information content (AvgIpc) is 2.34. The molecule has 1 fully saturated rings.